The molecule has 6 nitrogen and oxygen atoms in total. The Balaban J connectivity index is 2.08. The SMILES string of the molecule is Cn1cncc1C(=O)N[C@H]1CC=CC[C@@H]1C(N)=O. The molecule has 0 radical (unpaired) electrons. The summed E-state index contributed by atoms with van der Waals surface area (Å²) in [5, 5.41) is 2.84. The Kier molecular flexibility index (Phi) is 3.45. The Morgan fingerprint density at radius 3 is 2.78 bits per heavy atom. The van der Waals surface area contributed by atoms with Crippen molar-refractivity contribution in [2.45, 2.75) is 18.9 Å². The molecule has 0 aromatic carbocycles. The maximum Gasteiger partial charge on any atom is 0.269 e. The van der Waals surface area contributed by atoms with Gasteiger partial charge in [0.1, 0.15) is 5.69 Å². The molecule has 0 saturated heterocycles. The molecule has 1 aromatic heterocycles. The molecule has 2 rings (SSSR count). The summed E-state index contributed by atoms with van der Waals surface area (Å²) in [6.07, 6.45) is 8.12. The Hall–Kier alpha value is -2.11. The Labute approximate surface area is 105 Å². The highest BCUT2D eigenvalue weighted by atomic mass is 16.2. The van der Waals surface area contributed by atoms with Crippen LogP contribution in [0.2, 0.25) is 0 Å². The van der Waals surface area contributed by atoms with Gasteiger partial charge in [-0.25, -0.2) is 4.98 Å². The van der Waals surface area contributed by atoms with E-state index in [2.05, 4.69) is 10.3 Å². The predicted molar refractivity (Wildman–Crippen MR) is 65.5 cm³/mol. The fourth-order valence-electron chi connectivity index (χ4n) is 2.11. The summed E-state index contributed by atoms with van der Waals surface area (Å²) in [4.78, 5) is 27.2. The highest BCUT2D eigenvalue weighted by Crippen LogP contribution is 2.19. The van der Waals surface area contributed by atoms with Gasteiger partial charge >= 0.3 is 0 Å². The lowest BCUT2D eigenvalue weighted by Gasteiger charge is -2.26. The van der Waals surface area contributed by atoms with E-state index in [1.54, 1.807) is 17.9 Å². The van der Waals surface area contributed by atoms with Crippen molar-refractivity contribution < 1.29 is 9.59 Å². The van der Waals surface area contributed by atoms with Crippen LogP contribution in [-0.4, -0.2) is 27.4 Å². The zero-order chi connectivity index (χ0) is 13.1. The highest BCUT2D eigenvalue weighted by molar-refractivity contribution is 5.93. The minimum Gasteiger partial charge on any atom is -0.369 e. The van der Waals surface area contributed by atoms with Crippen LogP contribution < -0.4 is 11.1 Å². The summed E-state index contributed by atoms with van der Waals surface area (Å²) in [7, 11) is 1.74. The molecule has 18 heavy (non-hydrogen) atoms. The van der Waals surface area contributed by atoms with Crippen LogP contribution in [0.15, 0.2) is 24.7 Å². The van der Waals surface area contributed by atoms with E-state index in [1.165, 1.54) is 6.20 Å². The number of hydrogen-bond donors (Lipinski definition) is 2. The number of imidazole rings is 1. The molecule has 1 aromatic rings. The largest absolute Gasteiger partial charge is 0.369 e. The molecule has 0 bridgehead atoms. The lowest BCUT2D eigenvalue weighted by Crippen LogP contribution is -2.46. The molecular weight excluding hydrogens is 232 g/mol. The Morgan fingerprint density at radius 2 is 2.17 bits per heavy atom. The maximum absolute atomic E-state index is 12.0. The second kappa shape index (κ2) is 5.03. The fourth-order valence-corrected chi connectivity index (χ4v) is 2.11. The number of aromatic nitrogens is 2. The minimum absolute atomic E-state index is 0.235. The molecule has 1 aliphatic carbocycles. The molecular formula is C12H16N4O2. The molecule has 1 heterocycles. The van der Waals surface area contributed by atoms with Gasteiger partial charge in [-0.1, -0.05) is 12.2 Å². The second-order valence-electron chi connectivity index (χ2n) is 4.42. The molecule has 96 valence electrons. The first-order chi connectivity index (χ1) is 8.59. The van der Waals surface area contributed by atoms with Crippen molar-refractivity contribution in [2.75, 3.05) is 0 Å². The van der Waals surface area contributed by atoms with Crippen molar-refractivity contribution >= 4 is 11.8 Å². The normalized spacial score (nSPS) is 22.7. The number of carbonyl (C=O) groups is 2. The van der Waals surface area contributed by atoms with E-state index in [-0.39, 0.29) is 23.8 Å². The number of hydrogen-bond acceptors (Lipinski definition) is 3. The summed E-state index contributed by atoms with van der Waals surface area (Å²) in [6, 6.07) is -0.241. The Morgan fingerprint density at radius 1 is 1.44 bits per heavy atom. The van der Waals surface area contributed by atoms with E-state index in [1.807, 2.05) is 12.2 Å². The second-order valence-corrected chi connectivity index (χ2v) is 4.42. The number of nitrogens with zero attached hydrogens (tertiary/aromatic N) is 2. The van der Waals surface area contributed by atoms with Gasteiger partial charge < -0.3 is 15.6 Å². The number of nitrogens with one attached hydrogen (secondary N) is 1. The predicted octanol–water partition coefficient (Wildman–Crippen LogP) is -0.0300. The van der Waals surface area contributed by atoms with Crippen molar-refractivity contribution in [3.63, 3.8) is 0 Å². The molecule has 2 amide bonds. The van der Waals surface area contributed by atoms with E-state index >= 15 is 0 Å². The summed E-state index contributed by atoms with van der Waals surface area (Å²) in [6.45, 7) is 0. The lowest BCUT2D eigenvalue weighted by molar-refractivity contribution is -0.122. The fraction of sp³-hybridized carbons (Fsp3) is 0.417. The zero-order valence-electron chi connectivity index (χ0n) is 10.2. The minimum atomic E-state index is -0.380. The van der Waals surface area contributed by atoms with Crippen LogP contribution in [0.3, 0.4) is 0 Å². The van der Waals surface area contributed by atoms with Gasteiger partial charge in [0.2, 0.25) is 5.91 Å². The van der Waals surface area contributed by atoms with Crippen molar-refractivity contribution in [3.05, 3.63) is 30.4 Å². The van der Waals surface area contributed by atoms with Gasteiger partial charge in [-0.3, -0.25) is 9.59 Å². The number of amides is 2. The average Bonchev–Trinajstić information content (AvgIpc) is 2.76. The summed E-state index contributed by atoms with van der Waals surface area (Å²) in [5.74, 6) is -0.955. The van der Waals surface area contributed by atoms with Gasteiger partial charge in [-0.15, -0.1) is 0 Å². The van der Waals surface area contributed by atoms with Gasteiger partial charge in [0.05, 0.1) is 18.4 Å². The number of aryl methyl sites for hydroxylation is 1. The summed E-state index contributed by atoms with van der Waals surface area (Å²) >= 11 is 0. The monoisotopic (exact) mass is 248 g/mol. The Bertz CT molecular complexity index is 492. The smallest absolute Gasteiger partial charge is 0.269 e. The third-order valence-electron chi connectivity index (χ3n) is 3.16. The van der Waals surface area contributed by atoms with Crippen molar-refractivity contribution in [1.29, 1.82) is 0 Å². The van der Waals surface area contributed by atoms with Crippen LogP contribution in [0.1, 0.15) is 23.3 Å². The standard InChI is InChI=1S/C12H16N4O2/c1-16-7-14-6-10(16)12(18)15-9-5-3-2-4-8(9)11(13)17/h2-3,6-9H,4-5H2,1H3,(H2,13,17)(H,15,18)/t8-,9-/m0/s1. The van der Waals surface area contributed by atoms with Crippen LogP contribution >= 0.6 is 0 Å². The van der Waals surface area contributed by atoms with Crippen molar-refractivity contribution in [1.82, 2.24) is 14.9 Å². The molecule has 0 unspecified atom stereocenters. The van der Waals surface area contributed by atoms with E-state index < -0.39 is 0 Å². The van der Waals surface area contributed by atoms with Crippen LogP contribution in [0, 0.1) is 5.92 Å². The molecule has 3 N–H and O–H groups in total. The third kappa shape index (κ3) is 2.42. The first-order valence-electron chi connectivity index (χ1n) is 5.81. The molecule has 0 saturated carbocycles. The van der Waals surface area contributed by atoms with Gasteiger partial charge in [0.15, 0.2) is 0 Å². The number of nitrogens with two attached hydrogens (primary N) is 1. The molecule has 0 aliphatic heterocycles. The first kappa shape index (κ1) is 12.3. The van der Waals surface area contributed by atoms with Gasteiger partial charge in [0, 0.05) is 13.1 Å². The first-order valence-corrected chi connectivity index (χ1v) is 5.81. The lowest BCUT2D eigenvalue weighted by atomic mass is 9.88. The topological polar surface area (TPSA) is 90.0 Å². The van der Waals surface area contributed by atoms with Crippen LogP contribution in [0.4, 0.5) is 0 Å². The zero-order valence-corrected chi connectivity index (χ0v) is 10.2. The van der Waals surface area contributed by atoms with Crippen LogP contribution in [0.5, 0.6) is 0 Å². The summed E-state index contributed by atoms with van der Waals surface area (Å²) < 4.78 is 1.63. The molecule has 6 heteroatoms. The summed E-state index contributed by atoms with van der Waals surface area (Å²) in [5.41, 5.74) is 5.81. The van der Waals surface area contributed by atoms with E-state index in [9.17, 15) is 9.59 Å². The van der Waals surface area contributed by atoms with Crippen molar-refractivity contribution in [3.8, 4) is 0 Å². The molecule has 1 aliphatic rings. The number of rotatable bonds is 3. The third-order valence-corrected chi connectivity index (χ3v) is 3.16. The molecule has 2 atom stereocenters. The highest BCUT2D eigenvalue weighted by Gasteiger charge is 2.29. The van der Waals surface area contributed by atoms with Gasteiger partial charge in [0.25, 0.3) is 5.91 Å². The number of primary amides is 1. The van der Waals surface area contributed by atoms with Crippen LogP contribution in [-0.2, 0) is 11.8 Å². The van der Waals surface area contributed by atoms with E-state index in [0.717, 1.165) is 0 Å². The van der Waals surface area contributed by atoms with E-state index in [0.29, 0.717) is 18.5 Å². The van der Waals surface area contributed by atoms with Gasteiger partial charge in [-0.05, 0) is 12.8 Å². The number of allylic oxidation sites excluding steroid dienone is 1. The van der Waals surface area contributed by atoms with Crippen molar-refractivity contribution in [2.24, 2.45) is 18.7 Å². The number of carbonyl (C=O) groups excluding carboxylic acids is 2. The molecule has 0 spiro atoms. The van der Waals surface area contributed by atoms with Crippen LogP contribution in [0.25, 0.3) is 0 Å². The van der Waals surface area contributed by atoms with E-state index in [4.69, 9.17) is 5.73 Å². The molecule has 0 fully saturated rings. The maximum atomic E-state index is 12.0. The quantitative estimate of drug-likeness (QED) is 0.736. The average molecular weight is 248 g/mol. The van der Waals surface area contributed by atoms with Gasteiger partial charge in [-0.2, -0.15) is 0 Å².